The van der Waals surface area contributed by atoms with E-state index < -0.39 is 27.4 Å². The Morgan fingerprint density at radius 3 is 2.33 bits per heavy atom. The largest absolute Gasteiger partial charge is 0.548 e. The topological polar surface area (TPSA) is 86.3 Å². The number of hydrogen-bond acceptors (Lipinski definition) is 4. The molecule has 0 spiro atoms. The molecular formula is C10H10Cl2NO4S-. The highest BCUT2D eigenvalue weighted by Crippen LogP contribution is 2.16. The van der Waals surface area contributed by atoms with Crippen molar-refractivity contribution in [3.63, 3.8) is 0 Å². The summed E-state index contributed by atoms with van der Waals surface area (Å²) in [5, 5.41) is 11.0. The predicted molar refractivity (Wildman–Crippen MR) is 65.9 cm³/mol. The van der Waals surface area contributed by atoms with Gasteiger partial charge in [0, 0.05) is 11.6 Å². The first-order chi connectivity index (χ1) is 8.15. The maximum absolute atomic E-state index is 11.8. The number of carbonyl (C=O) groups excluding carboxylic acids is 1. The number of sulfonamides is 1. The Morgan fingerprint density at radius 1 is 1.39 bits per heavy atom. The van der Waals surface area contributed by atoms with Crippen LogP contribution in [-0.4, -0.2) is 25.8 Å². The van der Waals surface area contributed by atoms with Crippen LogP contribution in [0.5, 0.6) is 0 Å². The summed E-state index contributed by atoms with van der Waals surface area (Å²) in [6.45, 7) is 0.663. The molecule has 1 aromatic rings. The second-order valence-electron chi connectivity index (χ2n) is 3.76. The van der Waals surface area contributed by atoms with E-state index in [-0.39, 0.29) is 4.90 Å². The molecule has 0 bridgehead atoms. The van der Waals surface area contributed by atoms with Crippen LogP contribution in [0.25, 0.3) is 0 Å². The Hall–Kier alpha value is -0.820. The van der Waals surface area contributed by atoms with Gasteiger partial charge in [-0.25, -0.2) is 13.1 Å². The van der Waals surface area contributed by atoms with Crippen LogP contribution in [0.4, 0.5) is 0 Å². The van der Waals surface area contributed by atoms with Crippen molar-refractivity contribution in [2.45, 2.75) is 16.7 Å². The number of benzene rings is 1. The zero-order valence-corrected chi connectivity index (χ0v) is 11.6. The lowest BCUT2D eigenvalue weighted by molar-refractivity contribution is -0.308. The second-order valence-corrected chi connectivity index (χ2v) is 6.80. The molecule has 0 aliphatic heterocycles. The van der Waals surface area contributed by atoms with E-state index >= 15 is 0 Å². The zero-order valence-electron chi connectivity index (χ0n) is 9.31. The van der Waals surface area contributed by atoms with Gasteiger partial charge in [-0.1, -0.05) is 11.6 Å². The van der Waals surface area contributed by atoms with Crippen molar-refractivity contribution in [3.8, 4) is 0 Å². The Bertz CT molecular complexity index is 540. The van der Waals surface area contributed by atoms with Gasteiger partial charge >= 0.3 is 0 Å². The highest BCUT2D eigenvalue weighted by molar-refractivity contribution is 7.89. The molecule has 1 atom stereocenters. The Morgan fingerprint density at radius 2 is 1.89 bits per heavy atom. The van der Waals surface area contributed by atoms with Crippen LogP contribution in [-0.2, 0) is 14.8 Å². The van der Waals surface area contributed by atoms with Gasteiger partial charge in [-0.15, -0.1) is 11.6 Å². The van der Waals surface area contributed by atoms with E-state index in [2.05, 4.69) is 4.72 Å². The van der Waals surface area contributed by atoms with Gasteiger partial charge in [0.15, 0.2) is 0 Å². The maximum atomic E-state index is 11.8. The van der Waals surface area contributed by atoms with E-state index in [1.54, 1.807) is 0 Å². The lowest BCUT2D eigenvalue weighted by Crippen LogP contribution is -2.49. The number of rotatable bonds is 5. The lowest BCUT2D eigenvalue weighted by atomic mass is 10.2. The standard InChI is InChI=1S/C10H11Cl2NO4S/c1-10(12,9(14)15)6-13-18(16,17)8-4-2-7(11)3-5-8/h2-5,13H,6H2,1H3,(H,14,15)/p-1/t10-/m1/s1. The van der Waals surface area contributed by atoms with Gasteiger partial charge in [0.2, 0.25) is 10.0 Å². The fourth-order valence-electron chi connectivity index (χ4n) is 1.000. The average Bonchev–Trinajstić information content (AvgIpc) is 2.27. The molecule has 100 valence electrons. The number of carboxylic acids is 1. The van der Waals surface area contributed by atoms with Crippen molar-refractivity contribution in [3.05, 3.63) is 29.3 Å². The van der Waals surface area contributed by atoms with E-state index in [4.69, 9.17) is 23.2 Å². The molecule has 0 radical (unpaired) electrons. The van der Waals surface area contributed by atoms with Crippen molar-refractivity contribution >= 4 is 39.2 Å². The molecule has 0 heterocycles. The van der Waals surface area contributed by atoms with Gasteiger partial charge in [-0.2, -0.15) is 0 Å². The van der Waals surface area contributed by atoms with Crippen molar-refractivity contribution in [2.75, 3.05) is 6.54 Å². The van der Waals surface area contributed by atoms with E-state index in [0.717, 1.165) is 6.92 Å². The normalized spacial score (nSPS) is 15.1. The number of hydrogen-bond donors (Lipinski definition) is 1. The van der Waals surface area contributed by atoms with Gasteiger partial charge in [0.05, 0.1) is 15.7 Å². The van der Waals surface area contributed by atoms with Crippen LogP contribution in [0.3, 0.4) is 0 Å². The number of carbonyl (C=O) groups is 1. The molecule has 0 unspecified atom stereocenters. The highest BCUT2D eigenvalue weighted by Gasteiger charge is 2.25. The highest BCUT2D eigenvalue weighted by atomic mass is 35.5. The summed E-state index contributed by atoms with van der Waals surface area (Å²) in [7, 11) is -3.83. The van der Waals surface area contributed by atoms with Crippen LogP contribution in [0, 0.1) is 0 Å². The summed E-state index contributed by atoms with van der Waals surface area (Å²) in [6, 6.07) is 5.42. The first-order valence-electron chi connectivity index (χ1n) is 4.81. The van der Waals surface area contributed by atoms with E-state index in [1.165, 1.54) is 24.3 Å². The summed E-state index contributed by atoms with van der Waals surface area (Å²) >= 11 is 11.2. The minimum Gasteiger partial charge on any atom is -0.548 e. The monoisotopic (exact) mass is 310 g/mol. The number of carboxylic acid groups (broad SMARTS) is 1. The van der Waals surface area contributed by atoms with Crippen molar-refractivity contribution < 1.29 is 18.3 Å². The van der Waals surface area contributed by atoms with E-state index in [9.17, 15) is 18.3 Å². The molecular weight excluding hydrogens is 301 g/mol. The Labute approximate surface area is 115 Å². The first-order valence-corrected chi connectivity index (χ1v) is 7.05. The number of nitrogens with one attached hydrogen (secondary N) is 1. The van der Waals surface area contributed by atoms with E-state index in [0.29, 0.717) is 5.02 Å². The van der Waals surface area contributed by atoms with Gasteiger partial charge in [0.1, 0.15) is 0 Å². The minimum atomic E-state index is -3.83. The third-order valence-corrected chi connectivity index (χ3v) is 4.10. The molecule has 0 saturated carbocycles. The summed E-state index contributed by atoms with van der Waals surface area (Å²) in [6.07, 6.45) is 0. The number of aliphatic carboxylic acids is 1. The van der Waals surface area contributed by atoms with Crippen LogP contribution < -0.4 is 9.83 Å². The van der Waals surface area contributed by atoms with Crippen molar-refractivity contribution in [2.24, 2.45) is 0 Å². The SMILES string of the molecule is C[C@@](Cl)(CNS(=O)(=O)c1ccc(Cl)cc1)C(=O)[O-]. The van der Waals surface area contributed by atoms with Crippen LogP contribution >= 0.6 is 23.2 Å². The first kappa shape index (κ1) is 15.2. The predicted octanol–water partition coefficient (Wildman–Crippen LogP) is 0.366. The molecule has 0 saturated heterocycles. The minimum absolute atomic E-state index is 0.0299. The third kappa shape index (κ3) is 3.84. The molecule has 1 aromatic carbocycles. The van der Waals surface area contributed by atoms with Crippen molar-refractivity contribution in [1.29, 1.82) is 0 Å². The fourth-order valence-corrected chi connectivity index (χ4v) is 2.41. The smallest absolute Gasteiger partial charge is 0.240 e. The summed E-state index contributed by atoms with van der Waals surface area (Å²) in [5.41, 5.74) is 0. The maximum Gasteiger partial charge on any atom is 0.240 e. The molecule has 0 amide bonds. The Kier molecular flexibility index (Phi) is 4.61. The van der Waals surface area contributed by atoms with Crippen LogP contribution in [0.15, 0.2) is 29.2 Å². The van der Waals surface area contributed by atoms with Gasteiger partial charge in [0.25, 0.3) is 0 Å². The molecule has 0 aliphatic carbocycles. The molecule has 0 aromatic heterocycles. The molecule has 1 rings (SSSR count). The molecule has 0 fully saturated rings. The lowest BCUT2D eigenvalue weighted by Gasteiger charge is -2.23. The summed E-state index contributed by atoms with van der Waals surface area (Å²) in [5.74, 6) is -1.55. The van der Waals surface area contributed by atoms with Gasteiger partial charge in [-0.05, 0) is 31.2 Å². The summed E-state index contributed by atoms with van der Waals surface area (Å²) < 4.78 is 25.7. The molecule has 8 heteroatoms. The molecule has 18 heavy (non-hydrogen) atoms. The van der Waals surface area contributed by atoms with Crippen LogP contribution in [0.1, 0.15) is 6.92 Å². The number of halogens is 2. The van der Waals surface area contributed by atoms with Gasteiger partial charge in [-0.3, -0.25) is 0 Å². The quantitative estimate of drug-likeness (QED) is 0.796. The molecule has 5 nitrogen and oxygen atoms in total. The Balaban J connectivity index is 2.84. The number of alkyl halides is 1. The van der Waals surface area contributed by atoms with Gasteiger partial charge < -0.3 is 9.90 Å². The average molecular weight is 311 g/mol. The fraction of sp³-hybridized carbons (Fsp3) is 0.300. The third-order valence-electron chi connectivity index (χ3n) is 2.14. The van der Waals surface area contributed by atoms with Crippen molar-refractivity contribution in [1.82, 2.24) is 4.72 Å². The second kappa shape index (κ2) is 5.44. The van der Waals surface area contributed by atoms with Crippen LogP contribution in [0.2, 0.25) is 5.02 Å². The molecule has 1 N–H and O–H groups in total. The zero-order chi connectivity index (χ0) is 14.0. The van der Waals surface area contributed by atoms with E-state index in [1.807, 2.05) is 0 Å². The summed E-state index contributed by atoms with van der Waals surface area (Å²) in [4.78, 5) is 8.79. The molecule has 0 aliphatic rings.